The molecule has 0 aliphatic heterocycles. The van der Waals surface area contributed by atoms with Gasteiger partial charge in [0.05, 0.1) is 17.1 Å². The van der Waals surface area contributed by atoms with Gasteiger partial charge >= 0.3 is 6.18 Å². The van der Waals surface area contributed by atoms with Crippen LogP contribution in [-0.2, 0) is 6.54 Å². The van der Waals surface area contributed by atoms with E-state index in [4.69, 9.17) is 17.3 Å². The number of nitrogens with one attached hydrogen (secondary N) is 1. The largest absolute Gasteiger partial charge is 0.401 e. The molecule has 1 aromatic carbocycles. The zero-order valence-electron chi connectivity index (χ0n) is 8.94. The lowest BCUT2D eigenvalue weighted by atomic mass is 10.1. The van der Waals surface area contributed by atoms with E-state index >= 15 is 0 Å². The van der Waals surface area contributed by atoms with Crippen molar-refractivity contribution in [3.8, 4) is 0 Å². The summed E-state index contributed by atoms with van der Waals surface area (Å²) in [4.78, 5) is 10.9. The first kappa shape index (κ1) is 14.7. The molecule has 0 spiro atoms. The van der Waals surface area contributed by atoms with Crippen LogP contribution in [-0.4, -0.2) is 18.6 Å². The SMILES string of the molecule is NC(=O)c1cc(CNCC(F)(F)F)c(F)cc1Cl. The summed E-state index contributed by atoms with van der Waals surface area (Å²) in [6, 6.07) is 1.87. The summed E-state index contributed by atoms with van der Waals surface area (Å²) in [5, 5.41) is 1.83. The minimum absolute atomic E-state index is 0.113. The molecule has 0 heterocycles. The minimum atomic E-state index is -4.39. The molecule has 0 aliphatic carbocycles. The van der Waals surface area contributed by atoms with Gasteiger partial charge in [0.25, 0.3) is 0 Å². The predicted octanol–water partition coefficient (Wildman–Crippen LogP) is 2.23. The Morgan fingerprint density at radius 2 is 2.00 bits per heavy atom. The van der Waals surface area contributed by atoms with Crippen LogP contribution in [0.15, 0.2) is 12.1 Å². The van der Waals surface area contributed by atoms with E-state index in [1.165, 1.54) is 0 Å². The number of carbonyl (C=O) groups excluding carboxylic acids is 1. The Kier molecular flexibility index (Phi) is 4.53. The summed E-state index contributed by atoms with van der Waals surface area (Å²) < 4.78 is 49.0. The summed E-state index contributed by atoms with van der Waals surface area (Å²) in [6.45, 7) is -1.65. The zero-order chi connectivity index (χ0) is 13.9. The van der Waals surface area contributed by atoms with E-state index in [2.05, 4.69) is 0 Å². The van der Waals surface area contributed by atoms with Gasteiger partial charge in [-0.15, -0.1) is 0 Å². The molecule has 0 unspecified atom stereocenters. The monoisotopic (exact) mass is 284 g/mol. The number of rotatable bonds is 4. The van der Waals surface area contributed by atoms with Crippen LogP contribution in [0.4, 0.5) is 17.6 Å². The van der Waals surface area contributed by atoms with Gasteiger partial charge in [-0.1, -0.05) is 11.6 Å². The molecule has 3 nitrogen and oxygen atoms in total. The first-order valence-electron chi connectivity index (χ1n) is 4.76. The lowest BCUT2D eigenvalue weighted by molar-refractivity contribution is -0.125. The second-order valence-corrected chi connectivity index (χ2v) is 3.91. The van der Waals surface area contributed by atoms with Crippen molar-refractivity contribution >= 4 is 17.5 Å². The number of primary amides is 1. The highest BCUT2D eigenvalue weighted by Crippen LogP contribution is 2.21. The van der Waals surface area contributed by atoms with Gasteiger partial charge in [-0.3, -0.25) is 4.79 Å². The van der Waals surface area contributed by atoms with Crippen molar-refractivity contribution in [1.29, 1.82) is 0 Å². The van der Waals surface area contributed by atoms with Crippen molar-refractivity contribution in [3.05, 3.63) is 34.1 Å². The Morgan fingerprint density at radius 3 is 2.50 bits per heavy atom. The Labute approximate surface area is 105 Å². The van der Waals surface area contributed by atoms with E-state index in [9.17, 15) is 22.4 Å². The average molecular weight is 285 g/mol. The molecule has 0 radical (unpaired) electrons. The number of benzene rings is 1. The molecule has 0 aromatic heterocycles. The van der Waals surface area contributed by atoms with Crippen molar-refractivity contribution in [1.82, 2.24) is 5.32 Å². The third-order valence-electron chi connectivity index (χ3n) is 2.04. The summed E-state index contributed by atoms with van der Waals surface area (Å²) in [5.41, 5.74) is 4.73. The number of amides is 1. The van der Waals surface area contributed by atoms with Gasteiger partial charge < -0.3 is 11.1 Å². The summed E-state index contributed by atoms with van der Waals surface area (Å²) in [5.74, 6) is -1.68. The fourth-order valence-electron chi connectivity index (χ4n) is 1.26. The lowest BCUT2D eigenvalue weighted by Gasteiger charge is -2.10. The second kappa shape index (κ2) is 5.53. The van der Waals surface area contributed by atoms with Gasteiger partial charge in [0.15, 0.2) is 0 Å². The maximum absolute atomic E-state index is 13.4. The van der Waals surface area contributed by atoms with E-state index in [1.54, 1.807) is 0 Å². The number of hydrogen-bond donors (Lipinski definition) is 2. The van der Waals surface area contributed by atoms with Crippen molar-refractivity contribution in [2.75, 3.05) is 6.54 Å². The third kappa shape index (κ3) is 4.15. The smallest absolute Gasteiger partial charge is 0.366 e. The summed E-state index contributed by atoms with van der Waals surface area (Å²) in [7, 11) is 0. The third-order valence-corrected chi connectivity index (χ3v) is 2.36. The molecule has 0 saturated carbocycles. The molecule has 100 valence electrons. The van der Waals surface area contributed by atoms with Gasteiger partial charge in [-0.05, 0) is 12.1 Å². The molecular formula is C10H9ClF4N2O. The lowest BCUT2D eigenvalue weighted by Crippen LogP contribution is -2.28. The van der Waals surface area contributed by atoms with Crippen LogP contribution in [0.25, 0.3) is 0 Å². The molecule has 0 bridgehead atoms. The maximum atomic E-state index is 13.4. The second-order valence-electron chi connectivity index (χ2n) is 3.51. The van der Waals surface area contributed by atoms with Crippen LogP contribution in [0, 0.1) is 5.82 Å². The quantitative estimate of drug-likeness (QED) is 0.833. The van der Waals surface area contributed by atoms with E-state index in [0.29, 0.717) is 0 Å². The fourth-order valence-corrected chi connectivity index (χ4v) is 1.50. The van der Waals surface area contributed by atoms with E-state index < -0.39 is 24.4 Å². The Morgan fingerprint density at radius 1 is 1.39 bits per heavy atom. The van der Waals surface area contributed by atoms with Gasteiger partial charge in [0.2, 0.25) is 5.91 Å². The molecule has 1 aromatic rings. The first-order chi connectivity index (χ1) is 8.20. The standard InChI is InChI=1S/C10H9ClF4N2O/c11-7-2-8(12)5(1-6(7)9(16)18)3-17-4-10(13,14)15/h1-2,17H,3-4H2,(H2,16,18). The molecule has 0 aliphatic rings. The van der Waals surface area contributed by atoms with Crippen LogP contribution in [0.5, 0.6) is 0 Å². The number of carbonyl (C=O) groups is 1. The number of nitrogens with two attached hydrogens (primary N) is 1. The molecular weight excluding hydrogens is 276 g/mol. The highest BCUT2D eigenvalue weighted by Gasteiger charge is 2.26. The number of hydrogen-bond acceptors (Lipinski definition) is 2. The van der Waals surface area contributed by atoms with Gasteiger partial charge in [-0.25, -0.2) is 4.39 Å². The fraction of sp³-hybridized carbons (Fsp3) is 0.300. The molecule has 1 rings (SSSR count). The van der Waals surface area contributed by atoms with Gasteiger partial charge in [0.1, 0.15) is 5.82 Å². The predicted molar refractivity (Wildman–Crippen MR) is 57.7 cm³/mol. The molecule has 8 heteroatoms. The Hall–Kier alpha value is -1.34. The summed E-state index contributed by atoms with van der Waals surface area (Å²) in [6.07, 6.45) is -4.39. The molecule has 0 atom stereocenters. The van der Waals surface area contributed by atoms with E-state index in [1.807, 2.05) is 5.32 Å². The van der Waals surface area contributed by atoms with Gasteiger partial charge in [-0.2, -0.15) is 13.2 Å². The van der Waals surface area contributed by atoms with Crippen molar-refractivity contribution in [2.24, 2.45) is 5.73 Å². The van der Waals surface area contributed by atoms with Crippen LogP contribution in [0.2, 0.25) is 5.02 Å². The van der Waals surface area contributed by atoms with Crippen LogP contribution in [0.1, 0.15) is 15.9 Å². The minimum Gasteiger partial charge on any atom is -0.366 e. The van der Waals surface area contributed by atoms with E-state index in [0.717, 1.165) is 12.1 Å². The van der Waals surface area contributed by atoms with E-state index in [-0.39, 0.29) is 22.7 Å². The topological polar surface area (TPSA) is 55.1 Å². The number of alkyl halides is 3. The highest BCUT2D eigenvalue weighted by molar-refractivity contribution is 6.33. The van der Waals surface area contributed by atoms with Crippen LogP contribution >= 0.6 is 11.6 Å². The normalized spacial score (nSPS) is 11.6. The molecule has 0 fully saturated rings. The molecule has 3 N–H and O–H groups in total. The summed E-state index contributed by atoms with van der Waals surface area (Å²) >= 11 is 5.56. The number of halogens is 5. The average Bonchev–Trinajstić information content (AvgIpc) is 2.18. The Bertz CT molecular complexity index is 462. The molecule has 0 saturated heterocycles. The van der Waals surface area contributed by atoms with Crippen molar-refractivity contribution < 1.29 is 22.4 Å². The molecule has 18 heavy (non-hydrogen) atoms. The molecule has 1 amide bonds. The van der Waals surface area contributed by atoms with Gasteiger partial charge in [0, 0.05) is 12.1 Å². The first-order valence-corrected chi connectivity index (χ1v) is 5.13. The van der Waals surface area contributed by atoms with Crippen LogP contribution in [0.3, 0.4) is 0 Å². The zero-order valence-corrected chi connectivity index (χ0v) is 9.70. The van der Waals surface area contributed by atoms with Crippen LogP contribution < -0.4 is 11.1 Å². The van der Waals surface area contributed by atoms with Crippen molar-refractivity contribution in [3.63, 3.8) is 0 Å². The maximum Gasteiger partial charge on any atom is 0.401 e. The van der Waals surface area contributed by atoms with Crippen molar-refractivity contribution in [2.45, 2.75) is 12.7 Å². The Balaban J connectivity index is 2.83. The highest BCUT2D eigenvalue weighted by atomic mass is 35.5.